The summed E-state index contributed by atoms with van der Waals surface area (Å²) in [6, 6.07) is 4.10. The molecule has 0 spiro atoms. The van der Waals surface area contributed by atoms with E-state index >= 15 is 0 Å². The Balaban J connectivity index is 2.23. The lowest BCUT2D eigenvalue weighted by Gasteiger charge is -2.31. The number of aryl methyl sites for hydroxylation is 1. The van der Waals surface area contributed by atoms with Crippen LogP contribution in [0.2, 0.25) is 0 Å². The Labute approximate surface area is 120 Å². The minimum absolute atomic E-state index is 0.305. The average Bonchev–Trinajstić information content (AvgIpc) is 2.36. The number of fused-ring (bicyclic) bond motifs is 1. The maximum absolute atomic E-state index is 12.1. The first-order chi connectivity index (χ1) is 8.90. The Bertz CT molecular complexity index is 542. The van der Waals surface area contributed by atoms with Crippen LogP contribution in [0.1, 0.15) is 23.6 Å². The minimum Gasteiger partial charge on any atom is -0.481 e. The second kappa shape index (κ2) is 5.33. The highest BCUT2D eigenvalue weighted by atomic mass is 79.9. The van der Waals surface area contributed by atoms with Gasteiger partial charge in [0, 0.05) is 17.6 Å². The molecule has 1 atom stereocenters. The normalized spacial score (nSPS) is 15.8. The van der Waals surface area contributed by atoms with E-state index in [-0.39, 0.29) is 5.91 Å². The lowest BCUT2D eigenvalue weighted by Crippen LogP contribution is -2.41. The zero-order valence-electron chi connectivity index (χ0n) is 10.9. The Morgan fingerprint density at radius 1 is 1.42 bits per heavy atom. The summed E-state index contributed by atoms with van der Waals surface area (Å²) in [6.07, 6.45) is 0.772. The highest BCUT2D eigenvalue weighted by Crippen LogP contribution is 2.27. The summed E-state index contributed by atoms with van der Waals surface area (Å²) in [6.45, 7) is 4.54. The molecule has 1 aromatic carbocycles. The molecule has 0 saturated carbocycles. The summed E-state index contributed by atoms with van der Waals surface area (Å²) in [5.41, 5.74) is 3.50. The maximum atomic E-state index is 12.1. The summed E-state index contributed by atoms with van der Waals surface area (Å²) in [5.74, 6) is -2.35. The van der Waals surface area contributed by atoms with Gasteiger partial charge in [0.05, 0.1) is 0 Å². The first kappa shape index (κ1) is 14.1. The van der Waals surface area contributed by atoms with Gasteiger partial charge in [-0.15, -0.1) is 0 Å². The molecule has 1 amide bonds. The van der Waals surface area contributed by atoms with Crippen molar-refractivity contribution in [1.29, 1.82) is 0 Å². The van der Waals surface area contributed by atoms with Crippen LogP contribution in [-0.2, 0) is 22.6 Å². The van der Waals surface area contributed by atoms with Crippen LogP contribution in [0.25, 0.3) is 0 Å². The molecule has 1 N–H and O–H groups in total. The fraction of sp³-hybridized carbons (Fsp3) is 0.429. The number of carbonyl (C=O) groups excluding carboxylic acids is 1. The number of carbonyl (C=O) groups is 2. The van der Waals surface area contributed by atoms with Crippen LogP contribution in [0, 0.1) is 12.8 Å². The summed E-state index contributed by atoms with van der Waals surface area (Å²) < 4.78 is 1.04. The number of carboxylic acid groups (broad SMARTS) is 1. The van der Waals surface area contributed by atoms with Crippen molar-refractivity contribution in [3.05, 3.63) is 33.3 Å². The van der Waals surface area contributed by atoms with Crippen molar-refractivity contribution in [2.75, 3.05) is 6.54 Å². The molecule has 1 aliphatic heterocycles. The van der Waals surface area contributed by atoms with E-state index in [2.05, 4.69) is 22.0 Å². The second-order valence-corrected chi connectivity index (χ2v) is 5.85. The summed E-state index contributed by atoms with van der Waals surface area (Å²) in [7, 11) is 0. The van der Waals surface area contributed by atoms with Gasteiger partial charge in [-0.05, 0) is 49.1 Å². The van der Waals surface area contributed by atoms with Crippen LogP contribution in [0.3, 0.4) is 0 Å². The van der Waals surface area contributed by atoms with Gasteiger partial charge < -0.3 is 10.0 Å². The fourth-order valence-electron chi connectivity index (χ4n) is 2.38. The SMILES string of the molecule is Cc1cc(Br)cc2c1CN(C(=O)C(C)C(=O)O)CC2. The van der Waals surface area contributed by atoms with Gasteiger partial charge in [-0.3, -0.25) is 9.59 Å². The Morgan fingerprint density at radius 3 is 2.74 bits per heavy atom. The average molecular weight is 326 g/mol. The fourth-order valence-corrected chi connectivity index (χ4v) is 3.00. The molecular formula is C14H16BrNO3. The van der Waals surface area contributed by atoms with Gasteiger partial charge in [-0.1, -0.05) is 15.9 Å². The lowest BCUT2D eigenvalue weighted by atomic mass is 9.95. The number of hydrogen-bond donors (Lipinski definition) is 1. The van der Waals surface area contributed by atoms with Crippen molar-refractivity contribution in [2.45, 2.75) is 26.8 Å². The van der Waals surface area contributed by atoms with Gasteiger partial charge in [0.25, 0.3) is 0 Å². The minimum atomic E-state index is -1.07. The zero-order valence-corrected chi connectivity index (χ0v) is 12.5. The molecule has 0 aromatic heterocycles. The van der Waals surface area contributed by atoms with E-state index in [1.807, 2.05) is 13.0 Å². The number of benzene rings is 1. The number of halogens is 1. The molecule has 102 valence electrons. The third kappa shape index (κ3) is 2.81. The number of carboxylic acids is 1. The molecule has 0 radical (unpaired) electrons. The highest BCUT2D eigenvalue weighted by Gasteiger charge is 2.29. The van der Waals surface area contributed by atoms with Crippen LogP contribution in [-0.4, -0.2) is 28.4 Å². The molecule has 0 aliphatic carbocycles. The molecule has 1 aliphatic rings. The number of hydrogen-bond acceptors (Lipinski definition) is 2. The molecule has 0 bridgehead atoms. The van der Waals surface area contributed by atoms with E-state index in [1.54, 1.807) is 4.90 Å². The number of rotatable bonds is 2. The van der Waals surface area contributed by atoms with Crippen LogP contribution >= 0.6 is 15.9 Å². The number of aliphatic carboxylic acids is 1. The monoisotopic (exact) mass is 325 g/mol. The van der Waals surface area contributed by atoms with Crippen LogP contribution in [0.15, 0.2) is 16.6 Å². The third-order valence-corrected chi connectivity index (χ3v) is 4.04. The van der Waals surface area contributed by atoms with E-state index in [1.165, 1.54) is 12.5 Å². The van der Waals surface area contributed by atoms with Crippen LogP contribution in [0.4, 0.5) is 0 Å². The topological polar surface area (TPSA) is 57.6 Å². The van der Waals surface area contributed by atoms with E-state index in [0.717, 1.165) is 22.0 Å². The quantitative estimate of drug-likeness (QED) is 0.849. The molecule has 19 heavy (non-hydrogen) atoms. The van der Waals surface area contributed by atoms with Gasteiger partial charge >= 0.3 is 5.97 Å². The second-order valence-electron chi connectivity index (χ2n) is 4.93. The van der Waals surface area contributed by atoms with E-state index in [4.69, 9.17) is 5.11 Å². The molecular weight excluding hydrogens is 310 g/mol. The number of nitrogens with zero attached hydrogens (tertiary/aromatic N) is 1. The zero-order chi connectivity index (χ0) is 14.2. The van der Waals surface area contributed by atoms with Crippen molar-refractivity contribution in [2.24, 2.45) is 5.92 Å². The first-order valence-electron chi connectivity index (χ1n) is 6.19. The Morgan fingerprint density at radius 2 is 2.11 bits per heavy atom. The molecule has 1 heterocycles. The molecule has 2 rings (SSSR count). The van der Waals surface area contributed by atoms with Crippen molar-refractivity contribution < 1.29 is 14.7 Å². The van der Waals surface area contributed by atoms with Crippen molar-refractivity contribution in [3.63, 3.8) is 0 Å². The molecule has 1 aromatic rings. The highest BCUT2D eigenvalue weighted by molar-refractivity contribution is 9.10. The molecule has 0 saturated heterocycles. The predicted molar refractivity (Wildman–Crippen MR) is 74.8 cm³/mol. The van der Waals surface area contributed by atoms with E-state index in [9.17, 15) is 9.59 Å². The molecule has 0 fully saturated rings. The van der Waals surface area contributed by atoms with Gasteiger partial charge in [0.2, 0.25) is 5.91 Å². The molecule has 4 nitrogen and oxygen atoms in total. The van der Waals surface area contributed by atoms with Gasteiger partial charge in [0.15, 0.2) is 0 Å². The maximum Gasteiger partial charge on any atom is 0.315 e. The van der Waals surface area contributed by atoms with Crippen LogP contribution in [0.5, 0.6) is 0 Å². The largest absolute Gasteiger partial charge is 0.481 e. The summed E-state index contributed by atoms with van der Waals surface area (Å²) in [5, 5.41) is 8.92. The van der Waals surface area contributed by atoms with Gasteiger partial charge in [-0.2, -0.15) is 0 Å². The molecule has 1 unspecified atom stereocenters. The summed E-state index contributed by atoms with van der Waals surface area (Å²) in [4.78, 5) is 24.6. The predicted octanol–water partition coefficient (Wildman–Crippen LogP) is 2.36. The van der Waals surface area contributed by atoms with Crippen molar-refractivity contribution in [1.82, 2.24) is 4.90 Å². The van der Waals surface area contributed by atoms with E-state index in [0.29, 0.717) is 13.1 Å². The molecule has 5 heteroatoms. The number of amides is 1. The van der Waals surface area contributed by atoms with Crippen molar-refractivity contribution in [3.8, 4) is 0 Å². The Hall–Kier alpha value is -1.36. The van der Waals surface area contributed by atoms with Gasteiger partial charge in [-0.25, -0.2) is 0 Å². The summed E-state index contributed by atoms with van der Waals surface area (Å²) >= 11 is 3.47. The Kier molecular flexibility index (Phi) is 3.94. The standard InChI is InChI=1S/C14H16BrNO3/c1-8-5-11(15)6-10-3-4-16(7-12(8)10)13(17)9(2)14(18)19/h5-6,9H,3-4,7H2,1-2H3,(H,18,19). The van der Waals surface area contributed by atoms with Gasteiger partial charge in [0.1, 0.15) is 5.92 Å². The lowest BCUT2D eigenvalue weighted by molar-refractivity contribution is -0.150. The van der Waals surface area contributed by atoms with Crippen LogP contribution < -0.4 is 0 Å². The van der Waals surface area contributed by atoms with E-state index < -0.39 is 11.9 Å². The smallest absolute Gasteiger partial charge is 0.315 e. The third-order valence-electron chi connectivity index (χ3n) is 3.58. The first-order valence-corrected chi connectivity index (χ1v) is 6.99. The van der Waals surface area contributed by atoms with Crippen molar-refractivity contribution >= 4 is 27.8 Å².